The minimum absolute atomic E-state index is 0.00927. The van der Waals surface area contributed by atoms with E-state index in [-0.39, 0.29) is 29.6 Å². The Balaban J connectivity index is 1.65. The molecule has 1 aliphatic heterocycles. The molecule has 1 aromatic rings. The number of methoxy groups -OCH3 is 1. The third-order valence-electron chi connectivity index (χ3n) is 5.61. The van der Waals surface area contributed by atoms with Gasteiger partial charge in [-0.2, -0.15) is 0 Å². The molecule has 132 valence electrons. The minimum Gasteiger partial charge on any atom is -0.496 e. The number of rotatable bonds is 5. The van der Waals surface area contributed by atoms with Gasteiger partial charge in [0, 0.05) is 29.5 Å². The Morgan fingerprint density at radius 1 is 1.42 bits per heavy atom. The monoisotopic (exact) mass is 332 g/mol. The molecule has 2 amide bonds. The first kappa shape index (κ1) is 17.1. The van der Waals surface area contributed by atoms with Crippen molar-refractivity contribution in [2.75, 3.05) is 13.7 Å². The van der Waals surface area contributed by atoms with Crippen LogP contribution in [-0.4, -0.2) is 31.9 Å². The molecule has 1 aromatic carbocycles. The van der Waals surface area contributed by atoms with Crippen LogP contribution in [-0.2, 0) is 4.74 Å². The van der Waals surface area contributed by atoms with Gasteiger partial charge >= 0.3 is 6.03 Å². The smallest absolute Gasteiger partial charge is 0.315 e. The Morgan fingerprint density at radius 3 is 2.88 bits per heavy atom. The first-order valence-electron chi connectivity index (χ1n) is 8.80. The maximum Gasteiger partial charge on any atom is 0.315 e. The van der Waals surface area contributed by atoms with Gasteiger partial charge in [-0.05, 0) is 18.9 Å². The van der Waals surface area contributed by atoms with E-state index in [4.69, 9.17) is 9.47 Å². The fraction of sp³-hybridized carbons (Fsp3) is 0.632. The standard InChI is InChI=1S/C19H28N2O3/c1-5-14(12-8-6-7-9-15(12)23-4)20-18(22)21-16-13-10-11-24-17(13)19(16,2)3/h6-9,13-14,16-17H,5,10-11H2,1-4H3,(H2,20,21,22)/t13-,14-,16+,17+/m0/s1. The number of fused-ring (bicyclic) bond motifs is 1. The van der Waals surface area contributed by atoms with Crippen LogP contribution in [0.2, 0.25) is 0 Å². The lowest BCUT2D eigenvalue weighted by Crippen LogP contribution is -2.67. The molecule has 3 rings (SSSR count). The third-order valence-corrected chi connectivity index (χ3v) is 5.61. The number of hydrogen-bond donors (Lipinski definition) is 2. The molecule has 5 heteroatoms. The number of benzene rings is 1. The van der Waals surface area contributed by atoms with E-state index in [1.165, 1.54) is 0 Å². The van der Waals surface area contributed by atoms with Crippen LogP contribution in [0.1, 0.15) is 45.2 Å². The van der Waals surface area contributed by atoms with Crippen molar-refractivity contribution in [2.24, 2.45) is 11.3 Å². The van der Waals surface area contributed by atoms with Gasteiger partial charge in [0.2, 0.25) is 0 Å². The number of carbonyl (C=O) groups excluding carboxylic acids is 1. The van der Waals surface area contributed by atoms with Gasteiger partial charge < -0.3 is 20.1 Å². The molecule has 1 heterocycles. The molecule has 24 heavy (non-hydrogen) atoms. The van der Waals surface area contributed by atoms with Gasteiger partial charge in [0.1, 0.15) is 5.75 Å². The molecule has 2 aliphatic rings. The molecule has 0 unspecified atom stereocenters. The zero-order chi connectivity index (χ0) is 17.3. The Labute approximate surface area is 144 Å². The van der Waals surface area contributed by atoms with E-state index < -0.39 is 0 Å². The van der Waals surface area contributed by atoms with Crippen molar-refractivity contribution in [3.63, 3.8) is 0 Å². The Bertz CT molecular complexity index is 602. The lowest BCUT2D eigenvalue weighted by atomic mass is 9.57. The van der Waals surface area contributed by atoms with Gasteiger partial charge in [0.05, 0.1) is 19.3 Å². The number of nitrogens with one attached hydrogen (secondary N) is 2. The van der Waals surface area contributed by atoms with E-state index in [0.717, 1.165) is 30.8 Å². The maximum atomic E-state index is 12.6. The average molecular weight is 332 g/mol. The molecule has 1 aliphatic carbocycles. The Morgan fingerprint density at radius 2 is 2.17 bits per heavy atom. The first-order chi connectivity index (χ1) is 11.5. The van der Waals surface area contributed by atoms with Gasteiger partial charge in [0.15, 0.2) is 0 Å². The van der Waals surface area contributed by atoms with Crippen molar-refractivity contribution in [1.82, 2.24) is 10.6 Å². The number of amides is 2. The molecule has 2 N–H and O–H groups in total. The predicted octanol–water partition coefficient (Wildman–Crippen LogP) is 3.26. The highest BCUT2D eigenvalue weighted by Crippen LogP contribution is 2.52. The van der Waals surface area contributed by atoms with Crippen molar-refractivity contribution in [3.8, 4) is 5.75 Å². The Kier molecular flexibility index (Phi) is 4.72. The van der Waals surface area contributed by atoms with E-state index in [1.807, 2.05) is 24.3 Å². The molecule has 1 saturated heterocycles. The number of carbonyl (C=O) groups is 1. The van der Waals surface area contributed by atoms with Crippen LogP contribution >= 0.6 is 0 Å². The fourth-order valence-electron chi connectivity index (χ4n) is 4.31. The van der Waals surface area contributed by atoms with Crippen LogP contribution in [0.5, 0.6) is 5.75 Å². The SMILES string of the molecule is CC[C@H](NC(=O)N[C@@H]1[C@@H]2CCO[C@H]2C1(C)C)c1ccccc1OC. The van der Waals surface area contributed by atoms with Gasteiger partial charge in [-0.15, -0.1) is 0 Å². The summed E-state index contributed by atoms with van der Waals surface area (Å²) in [4.78, 5) is 12.6. The van der Waals surface area contributed by atoms with Crippen molar-refractivity contribution >= 4 is 6.03 Å². The summed E-state index contributed by atoms with van der Waals surface area (Å²) in [5.74, 6) is 1.25. The van der Waals surface area contributed by atoms with Gasteiger partial charge in [-0.1, -0.05) is 39.0 Å². The van der Waals surface area contributed by atoms with Crippen LogP contribution in [0.3, 0.4) is 0 Å². The molecule has 2 fully saturated rings. The number of urea groups is 1. The molecule has 5 nitrogen and oxygen atoms in total. The first-order valence-corrected chi connectivity index (χ1v) is 8.80. The van der Waals surface area contributed by atoms with Crippen LogP contribution in [0.4, 0.5) is 4.79 Å². The van der Waals surface area contributed by atoms with E-state index in [0.29, 0.717) is 5.92 Å². The molecule has 0 bridgehead atoms. The van der Waals surface area contributed by atoms with Crippen LogP contribution in [0.15, 0.2) is 24.3 Å². The molecule has 0 radical (unpaired) electrons. The van der Waals surface area contributed by atoms with Gasteiger partial charge in [-0.25, -0.2) is 4.79 Å². The van der Waals surface area contributed by atoms with Crippen molar-refractivity contribution < 1.29 is 14.3 Å². The summed E-state index contributed by atoms with van der Waals surface area (Å²) in [7, 11) is 1.66. The average Bonchev–Trinajstić information content (AvgIpc) is 3.05. The highest BCUT2D eigenvalue weighted by molar-refractivity contribution is 5.75. The molecular formula is C19H28N2O3. The van der Waals surface area contributed by atoms with Crippen molar-refractivity contribution in [3.05, 3.63) is 29.8 Å². The van der Waals surface area contributed by atoms with Gasteiger partial charge in [0.25, 0.3) is 0 Å². The number of ether oxygens (including phenoxy) is 2. The number of para-hydroxylation sites is 1. The molecule has 1 saturated carbocycles. The fourth-order valence-corrected chi connectivity index (χ4v) is 4.31. The highest BCUT2D eigenvalue weighted by atomic mass is 16.5. The lowest BCUT2D eigenvalue weighted by molar-refractivity contribution is -0.108. The van der Waals surface area contributed by atoms with Crippen LogP contribution in [0, 0.1) is 11.3 Å². The predicted molar refractivity (Wildman–Crippen MR) is 93.1 cm³/mol. The molecule has 0 aromatic heterocycles. The van der Waals surface area contributed by atoms with E-state index in [2.05, 4.69) is 31.4 Å². The van der Waals surface area contributed by atoms with Crippen LogP contribution < -0.4 is 15.4 Å². The second kappa shape index (κ2) is 6.63. The zero-order valence-electron chi connectivity index (χ0n) is 15.0. The molecule has 4 atom stereocenters. The topological polar surface area (TPSA) is 59.6 Å². The second-order valence-corrected chi connectivity index (χ2v) is 7.36. The summed E-state index contributed by atoms with van der Waals surface area (Å²) < 4.78 is 11.2. The lowest BCUT2D eigenvalue weighted by Gasteiger charge is -2.54. The summed E-state index contributed by atoms with van der Waals surface area (Å²) in [6.45, 7) is 7.20. The Hall–Kier alpha value is -1.75. The van der Waals surface area contributed by atoms with E-state index >= 15 is 0 Å². The van der Waals surface area contributed by atoms with Gasteiger partial charge in [-0.3, -0.25) is 0 Å². The largest absolute Gasteiger partial charge is 0.496 e. The summed E-state index contributed by atoms with van der Waals surface area (Å²) in [6.07, 6.45) is 2.11. The second-order valence-electron chi connectivity index (χ2n) is 7.36. The third kappa shape index (κ3) is 2.86. The van der Waals surface area contributed by atoms with Crippen LogP contribution in [0.25, 0.3) is 0 Å². The summed E-state index contributed by atoms with van der Waals surface area (Å²) >= 11 is 0. The highest BCUT2D eigenvalue weighted by Gasteiger charge is 2.59. The maximum absolute atomic E-state index is 12.6. The van der Waals surface area contributed by atoms with E-state index in [1.54, 1.807) is 7.11 Å². The zero-order valence-corrected chi connectivity index (χ0v) is 15.0. The van der Waals surface area contributed by atoms with E-state index in [9.17, 15) is 4.79 Å². The summed E-state index contributed by atoms with van der Waals surface area (Å²) in [5.41, 5.74) is 0.998. The normalized spacial score (nSPS) is 28.4. The molecular weight excluding hydrogens is 304 g/mol. The summed E-state index contributed by atoms with van der Waals surface area (Å²) in [5, 5.41) is 6.28. The quantitative estimate of drug-likeness (QED) is 0.870. The minimum atomic E-state index is -0.115. The van der Waals surface area contributed by atoms with Crippen molar-refractivity contribution in [2.45, 2.75) is 51.8 Å². The number of hydrogen-bond acceptors (Lipinski definition) is 3. The summed E-state index contributed by atoms with van der Waals surface area (Å²) in [6, 6.07) is 7.81. The molecule has 0 spiro atoms. The van der Waals surface area contributed by atoms with Crippen molar-refractivity contribution in [1.29, 1.82) is 0 Å².